The second-order valence-corrected chi connectivity index (χ2v) is 11.5. The van der Waals surface area contributed by atoms with Crippen molar-refractivity contribution in [1.29, 1.82) is 0 Å². The van der Waals surface area contributed by atoms with Crippen LogP contribution >= 0.6 is 0 Å². The summed E-state index contributed by atoms with van der Waals surface area (Å²) in [5.41, 5.74) is 6.73. The third kappa shape index (κ3) is 6.40. The Morgan fingerprint density at radius 3 is 2.36 bits per heavy atom. The van der Waals surface area contributed by atoms with Gasteiger partial charge in [-0.3, -0.25) is 0 Å². The van der Waals surface area contributed by atoms with Crippen molar-refractivity contribution in [2.75, 3.05) is 43.4 Å². The predicted octanol–water partition coefficient (Wildman–Crippen LogP) is 6.76. The van der Waals surface area contributed by atoms with Crippen LogP contribution in [0.2, 0.25) is 0 Å². The van der Waals surface area contributed by atoms with Gasteiger partial charge in [0.15, 0.2) is 0 Å². The van der Waals surface area contributed by atoms with E-state index in [9.17, 15) is 22.0 Å². The predicted molar refractivity (Wildman–Crippen MR) is 159 cm³/mol. The van der Waals surface area contributed by atoms with Crippen LogP contribution in [0.1, 0.15) is 49.4 Å². The highest BCUT2D eigenvalue weighted by atomic mass is 19.4. The molecule has 6 rings (SSSR count). The number of anilines is 2. The SMILES string of the molecule is Nc1ncnc(N2CCC(c3nc(-c4ccc(F)c(C(F)(F)F)c4)cn3CCN3CCCCC3)CC2)c1-c1cccc(F)c1. The number of imidazole rings is 1. The maximum absolute atomic E-state index is 14.1. The highest BCUT2D eigenvalue weighted by Crippen LogP contribution is 2.38. The zero-order valence-corrected chi connectivity index (χ0v) is 24.2. The van der Waals surface area contributed by atoms with E-state index in [1.54, 1.807) is 18.3 Å². The minimum absolute atomic E-state index is 0.0423. The molecule has 0 spiro atoms. The van der Waals surface area contributed by atoms with Crippen molar-refractivity contribution in [1.82, 2.24) is 24.4 Å². The summed E-state index contributed by atoms with van der Waals surface area (Å²) in [6, 6.07) is 9.21. The summed E-state index contributed by atoms with van der Waals surface area (Å²) < 4.78 is 70.6. The first-order chi connectivity index (χ1) is 21.2. The molecular weight excluding hydrogens is 577 g/mol. The first kappa shape index (κ1) is 30.0. The lowest BCUT2D eigenvalue weighted by molar-refractivity contribution is -0.139. The highest BCUT2D eigenvalue weighted by Gasteiger charge is 2.35. The number of benzene rings is 2. The normalized spacial score (nSPS) is 16.9. The Balaban J connectivity index is 1.27. The molecule has 7 nitrogen and oxygen atoms in total. The first-order valence-electron chi connectivity index (χ1n) is 15.0. The van der Waals surface area contributed by atoms with Crippen LogP contribution < -0.4 is 10.6 Å². The average Bonchev–Trinajstić information content (AvgIpc) is 3.44. The van der Waals surface area contributed by atoms with Crippen molar-refractivity contribution in [2.45, 2.75) is 50.7 Å². The molecule has 4 heterocycles. The van der Waals surface area contributed by atoms with Gasteiger partial charge in [0.25, 0.3) is 0 Å². The molecule has 0 saturated carbocycles. The molecule has 0 atom stereocenters. The van der Waals surface area contributed by atoms with Gasteiger partial charge in [0.1, 0.15) is 35.4 Å². The van der Waals surface area contributed by atoms with Crippen LogP contribution in [0.25, 0.3) is 22.4 Å². The lowest BCUT2D eigenvalue weighted by atomic mass is 9.95. The van der Waals surface area contributed by atoms with Gasteiger partial charge < -0.3 is 20.1 Å². The van der Waals surface area contributed by atoms with Crippen LogP contribution in [-0.4, -0.2) is 57.1 Å². The minimum Gasteiger partial charge on any atom is -0.383 e. The van der Waals surface area contributed by atoms with Crippen LogP contribution in [-0.2, 0) is 12.7 Å². The number of aromatic nitrogens is 4. The van der Waals surface area contributed by atoms with E-state index in [-0.39, 0.29) is 23.1 Å². The van der Waals surface area contributed by atoms with Crippen LogP contribution in [0, 0.1) is 11.6 Å². The number of alkyl halides is 3. The van der Waals surface area contributed by atoms with E-state index in [1.807, 2.05) is 0 Å². The van der Waals surface area contributed by atoms with Crippen molar-refractivity contribution in [2.24, 2.45) is 0 Å². The summed E-state index contributed by atoms with van der Waals surface area (Å²) in [4.78, 5) is 18.0. The van der Waals surface area contributed by atoms with Crippen molar-refractivity contribution in [3.8, 4) is 22.4 Å². The quantitative estimate of drug-likeness (QED) is 0.233. The number of hydrogen-bond donors (Lipinski definition) is 1. The van der Waals surface area contributed by atoms with E-state index in [2.05, 4.69) is 24.3 Å². The third-order valence-corrected chi connectivity index (χ3v) is 8.61. The molecule has 2 N–H and O–H groups in total. The fraction of sp³-hybridized carbons (Fsp3) is 0.406. The Kier molecular flexibility index (Phi) is 8.53. The zero-order chi connectivity index (χ0) is 30.8. The number of likely N-dealkylation sites (tertiary alicyclic amines) is 1. The summed E-state index contributed by atoms with van der Waals surface area (Å²) in [7, 11) is 0. The number of nitrogens with zero attached hydrogens (tertiary/aromatic N) is 6. The molecule has 2 fully saturated rings. The van der Waals surface area contributed by atoms with E-state index in [1.165, 1.54) is 30.9 Å². The van der Waals surface area contributed by atoms with E-state index >= 15 is 0 Å². The van der Waals surface area contributed by atoms with Crippen LogP contribution in [0.3, 0.4) is 0 Å². The average molecular weight is 612 g/mol. The topological polar surface area (TPSA) is 76.1 Å². The fourth-order valence-corrected chi connectivity index (χ4v) is 6.31. The highest BCUT2D eigenvalue weighted by molar-refractivity contribution is 5.84. The maximum Gasteiger partial charge on any atom is 0.419 e. The Morgan fingerprint density at radius 1 is 0.864 bits per heavy atom. The van der Waals surface area contributed by atoms with Crippen molar-refractivity contribution in [3.63, 3.8) is 0 Å². The molecule has 44 heavy (non-hydrogen) atoms. The summed E-state index contributed by atoms with van der Waals surface area (Å²) in [5.74, 6) is 0.0510. The number of nitrogens with two attached hydrogens (primary N) is 1. The van der Waals surface area contributed by atoms with Crippen LogP contribution in [0.5, 0.6) is 0 Å². The molecule has 12 heteroatoms. The molecule has 232 valence electrons. The number of piperidine rings is 2. The number of halogens is 5. The molecule has 2 saturated heterocycles. The van der Waals surface area contributed by atoms with E-state index in [0.29, 0.717) is 55.1 Å². The maximum atomic E-state index is 14.1. The lowest BCUT2D eigenvalue weighted by Crippen LogP contribution is -2.35. The Hall–Kier alpha value is -4.06. The van der Waals surface area contributed by atoms with Gasteiger partial charge >= 0.3 is 6.18 Å². The van der Waals surface area contributed by atoms with E-state index < -0.39 is 17.6 Å². The molecule has 0 amide bonds. The minimum atomic E-state index is -4.80. The molecular formula is C32H34F5N7. The monoisotopic (exact) mass is 611 g/mol. The molecule has 0 aliphatic carbocycles. The van der Waals surface area contributed by atoms with Gasteiger partial charge in [0, 0.05) is 43.9 Å². The molecule has 4 aromatic rings. The zero-order valence-electron chi connectivity index (χ0n) is 24.2. The Bertz CT molecular complexity index is 1610. The molecule has 2 aromatic heterocycles. The molecule has 0 radical (unpaired) electrons. The van der Waals surface area contributed by atoms with Crippen LogP contribution in [0.15, 0.2) is 55.0 Å². The van der Waals surface area contributed by atoms with Gasteiger partial charge in [-0.05, 0) is 74.7 Å². The van der Waals surface area contributed by atoms with Crippen LogP contribution in [0.4, 0.5) is 33.6 Å². The van der Waals surface area contributed by atoms with Gasteiger partial charge in [0.2, 0.25) is 0 Å². The third-order valence-electron chi connectivity index (χ3n) is 8.61. The summed E-state index contributed by atoms with van der Waals surface area (Å²) >= 11 is 0. The molecule has 0 unspecified atom stereocenters. The van der Waals surface area contributed by atoms with E-state index in [4.69, 9.17) is 10.7 Å². The number of hydrogen-bond acceptors (Lipinski definition) is 6. The summed E-state index contributed by atoms with van der Waals surface area (Å²) in [6.45, 7) is 4.76. The standard InChI is InChI=1S/C32H34F5N7/c33-24-6-4-5-23(17-24)28-29(38)39-20-40-31(28)43-13-9-21(10-14-43)30-41-27(19-44(30)16-15-42-11-2-1-3-12-42)22-7-8-26(34)25(18-22)32(35,36)37/h4-8,17-21H,1-3,9-16H2,(H2,38,39,40). The molecule has 2 aliphatic heterocycles. The largest absolute Gasteiger partial charge is 0.419 e. The fourth-order valence-electron chi connectivity index (χ4n) is 6.31. The second-order valence-electron chi connectivity index (χ2n) is 11.5. The van der Waals surface area contributed by atoms with Crippen molar-refractivity contribution >= 4 is 11.6 Å². The van der Waals surface area contributed by atoms with Crippen molar-refractivity contribution < 1.29 is 22.0 Å². The Labute approximate surface area is 252 Å². The van der Waals surface area contributed by atoms with Crippen molar-refractivity contribution in [3.05, 3.63) is 78.0 Å². The van der Waals surface area contributed by atoms with Gasteiger partial charge in [-0.1, -0.05) is 18.6 Å². The summed E-state index contributed by atoms with van der Waals surface area (Å²) in [5, 5.41) is 0. The summed E-state index contributed by atoms with van der Waals surface area (Å²) in [6.07, 6.45) is 3.35. The van der Waals surface area contributed by atoms with Gasteiger partial charge in [-0.2, -0.15) is 13.2 Å². The number of rotatable bonds is 7. The van der Waals surface area contributed by atoms with Gasteiger partial charge in [-0.15, -0.1) is 0 Å². The van der Waals surface area contributed by atoms with E-state index in [0.717, 1.165) is 50.4 Å². The molecule has 0 bridgehead atoms. The smallest absolute Gasteiger partial charge is 0.383 e. The lowest BCUT2D eigenvalue weighted by Gasteiger charge is -2.34. The number of nitrogen functional groups attached to an aromatic ring is 1. The molecule has 2 aliphatic rings. The second kappa shape index (κ2) is 12.5. The molecule has 2 aromatic carbocycles. The Morgan fingerprint density at radius 2 is 1.64 bits per heavy atom. The first-order valence-corrected chi connectivity index (χ1v) is 15.0. The van der Waals surface area contributed by atoms with Gasteiger partial charge in [0.05, 0.1) is 16.8 Å². The van der Waals surface area contributed by atoms with Gasteiger partial charge in [-0.25, -0.2) is 23.7 Å².